The molecule has 0 amide bonds. The number of benzene rings is 2. The maximum atomic E-state index is 6.50. The van der Waals surface area contributed by atoms with Crippen molar-refractivity contribution in [1.82, 2.24) is 0 Å². The molecule has 104 valence electrons. The van der Waals surface area contributed by atoms with Gasteiger partial charge in [0.25, 0.3) is 0 Å². The smallest absolute Gasteiger partial charge is 0.161 e. The van der Waals surface area contributed by atoms with Gasteiger partial charge in [0.2, 0.25) is 0 Å². The molecule has 1 unspecified atom stereocenters. The predicted octanol–water partition coefficient (Wildman–Crippen LogP) is 4.63. The zero-order chi connectivity index (χ0) is 13.9. The van der Waals surface area contributed by atoms with Gasteiger partial charge in [-0.15, -0.1) is 11.6 Å². The van der Waals surface area contributed by atoms with Gasteiger partial charge in [-0.2, -0.15) is 0 Å². The third-order valence-electron chi connectivity index (χ3n) is 3.23. The summed E-state index contributed by atoms with van der Waals surface area (Å²) in [7, 11) is 0. The third-order valence-corrected chi connectivity index (χ3v) is 3.87. The summed E-state index contributed by atoms with van der Waals surface area (Å²) >= 11 is 12.5. The van der Waals surface area contributed by atoms with E-state index in [0.29, 0.717) is 13.2 Å². The summed E-state index contributed by atoms with van der Waals surface area (Å²) in [5.74, 6) is 1.55. The zero-order valence-electron chi connectivity index (χ0n) is 10.8. The number of ether oxygens (including phenoxy) is 2. The number of hydrogen-bond donors (Lipinski definition) is 0. The maximum Gasteiger partial charge on any atom is 0.161 e. The van der Waals surface area contributed by atoms with Gasteiger partial charge in [-0.1, -0.05) is 29.8 Å². The van der Waals surface area contributed by atoms with Crippen LogP contribution in [0.5, 0.6) is 11.5 Å². The summed E-state index contributed by atoms with van der Waals surface area (Å²) in [6, 6.07) is 13.6. The van der Waals surface area contributed by atoms with Crippen LogP contribution in [0.4, 0.5) is 0 Å². The maximum absolute atomic E-state index is 6.50. The molecule has 2 nitrogen and oxygen atoms in total. The van der Waals surface area contributed by atoms with E-state index in [1.165, 1.54) is 0 Å². The molecule has 2 aromatic rings. The number of halogens is 2. The van der Waals surface area contributed by atoms with Crippen LogP contribution in [0.15, 0.2) is 42.5 Å². The van der Waals surface area contributed by atoms with Gasteiger partial charge >= 0.3 is 0 Å². The van der Waals surface area contributed by atoms with Crippen LogP contribution in [0.25, 0.3) is 0 Å². The van der Waals surface area contributed by atoms with Gasteiger partial charge < -0.3 is 9.47 Å². The highest BCUT2D eigenvalue weighted by atomic mass is 35.5. The molecule has 0 bridgehead atoms. The van der Waals surface area contributed by atoms with Gasteiger partial charge in [-0.25, -0.2) is 0 Å². The molecule has 0 spiro atoms. The van der Waals surface area contributed by atoms with Crippen molar-refractivity contribution in [2.75, 3.05) is 13.2 Å². The van der Waals surface area contributed by atoms with Crippen molar-refractivity contribution in [2.45, 2.75) is 11.8 Å². The van der Waals surface area contributed by atoms with Crippen LogP contribution >= 0.6 is 23.2 Å². The van der Waals surface area contributed by atoms with E-state index in [4.69, 9.17) is 32.7 Å². The van der Waals surface area contributed by atoms with Gasteiger partial charge in [0, 0.05) is 5.02 Å². The molecule has 0 aliphatic carbocycles. The van der Waals surface area contributed by atoms with Gasteiger partial charge in [0.05, 0.1) is 5.38 Å². The second-order valence-electron chi connectivity index (χ2n) is 4.70. The summed E-state index contributed by atoms with van der Waals surface area (Å²) in [4.78, 5) is 0. The summed E-state index contributed by atoms with van der Waals surface area (Å²) in [6.07, 6.45) is 0.724. The average Bonchev–Trinajstić information content (AvgIpc) is 2.47. The minimum atomic E-state index is -0.121. The quantitative estimate of drug-likeness (QED) is 0.769. The fraction of sp³-hybridized carbons (Fsp3) is 0.250. The summed E-state index contributed by atoms with van der Waals surface area (Å²) in [6.45, 7) is 1.18. The largest absolute Gasteiger partial charge is 0.486 e. The molecule has 0 saturated carbocycles. The fourth-order valence-corrected chi connectivity index (χ4v) is 2.77. The molecule has 0 saturated heterocycles. The molecular weight excluding hydrogens is 295 g/mol. The lowest BCUT2D eigenvalue weighted by Crippen LogP contribution is -2.15. The van der Waals surface area contributed by atoms with Crippen LogP contribution in [-0.4, -0.2) is 13.2 Å². The first kappa shape index (κ1) is 13.6. The van der Waals surface area contributed by atoms with E-state index in [1.54, 1.807) is 0 Å². The highest BCUT2D eigenvalue weighted by Crippen LogP contribution is 2.35. The second kappa shape index (κ2) is 5.94. The van der Waals surface area contributed by atoms with Crippen molar-refractivity contribution in [3.63, 3.8) is 0 Å². The molecule has 2 aromatic carbocycles. The van der Waals surface area contributed by atoms with Gasteiger partial charge in [-0.3, -0.25) is 0 Å². The van der Waals surface area contributed by atoms with Gasteiger partial charge in [-0.05, 0) is 41.8 Å². The molecule has 1 aliphatic rings. The van der Waals surface area contributed by atoms with Gasteiger partial charge in [0.15, 0.2) is 11.5 Å². The molecule has 4 heteroatoms. The third kappa shape index (κ3) is 3.02. The summed E-state index contributed by atoms with van der Waals surface area (Å²) < 4.78 is 11.1. The molecule has 0 N–H and O–H groups in total. The summed E-state index contributed by atoms with van der Waals surface area (Å²) in [5.41, 5.74) is 2.14. The van der Waals surface area contributed by atoms with Crippen LogP contribution in [0, 0.1) is 0 Å². The Bertz CT molecular complexity index is 613. The molecule has 1 heterocycles. The van der Waals surface area contributed by atoms with Crippen LogP contribution in [0.1, 0.15) is 16.5 Å². The lowest BCUT2D eigenvalue weighted by molar-refractivity contribution is 0.171. The number of alkyl halides is 1. The second-order valence-corrected chi connectivity index (χ2v) is 5.67. The lowest BCUT2D eigenvalue weighted by Gasteiger charge is -2.20. The van der Waals surface area contributed by atoms with E-state index in [9.17, 15) is 0 Å². The van der Waals surface area contributed by atoms with Crippen molar-refractivity contribution < 1.29 is 9.47 Å². The predicted molar refractivity (Wildman–Crippen MR) is 81.2 cm³/mol. The van der Waals surface area contributed by atoms with E-state index in [1.807, 2.05) is 42.5 Å². The van der Waals surface area contributed by atoms with E-state index in [2.05, 4.69) is 0 Å². The molecule has 0 aromatic heterocycles. The highest BCUT2D eigenvalue weighted by Gasteiger charge is 2.16. The van der Waals surface area contributed by atoms with E-state index >= 15 is 0 Å². The lowest BCUT2D eigenvalue weighted by atomic mass is 10.0. The van der Waals surface area contributed by atoms with Gasteiger partial charge in [0.1, 0.15) is 13.2 Å². The summed E-state index contributed by atoms with van der Waals surface area (Å²) in [5, 5.41) is 0.609. The minimum Gasteiger partial charge on any atom is -0.486 e. The molecule has 3 rings (SSSR count). The van der Waals surface area contributed by atoms with Crippen molar-refractivity contribution in [3.8, 4) is 11.5 Å². The molecular formula is C16H14Cl2O2. The van der Waals surface area contributed by atoms with E-state index < -0.39 is 0 Å². The van der Waals surface area contributed by atoms with Crippen LogP contribution in [0.3, 0.4) is 0 Å². The first-order chi connectivity index (χ1) is 9.72. The Hall–Kier alpha value is -1.38. The van der Waals surface area contributed by atoms with E-state index in [0.717, 1.165) is 34.1 Å². The van der Waals surface area contributed by atoms with Crippen molar-refractivity contribution in [3.05, 3.63) is 58.6 Å². The Balaban J connectivity index is 1.78. The Morgan fingerprint density at radius 1 is 1.00 bits per heavy atom. The van der Waals surface area contributed by atoms with Crippen LogP contribution in [-0.2, 0) is 6.42 Å². The van der Waals surface area contributed by atoms with E-state index in [-0.39, 0.29) is 5.38 Å². The number of fused-ring (bicyclic) bond motifs is 1. The van der Waals surface area contributed by atoms with Crippen molar-refractivity contribution in [1.29, 1.82) is 0 Å². The standard InChI is InChI=1S/C16H14Cl2O2/c17-13-3-1-2-11(8-13)9-14(18)12-4-5-15-16(10-12)20-7-6-19-15/h1-5,8,10,14H,6-7,9H2. The Morgan fingerprint density at radius 2 is 1.80 bits per heavy atom. The molecule has 20 heavy (non-hydrogen) atoms. The molecule has 0 fully saturated rings. The average molecular weight is 309 g/mol. The first-order valence-corrected chi connectivity index (χ1v) is 7.32. The Labute approximate surface area is 128 Å². The number of rotatable bonds is 3. The Morgan fingerprint density at radius 3 is 2.60 bits per heavy atom. The highest BCUT2D eigenvalue weighted by molar-refractivity contribution is 6.30. The van der Waals surface area contributed by atoms with Crippen LogP contribution in [0.2, 0.25) is 5.02 Å². The van der Waals surface area contributed by atoms with Crippen LogP contribution < -0.4 is 9.47 Å². The SMILES string of the molecule is Clc1cccc(CC(Cl)c2ccc3c(c2)OCCO3)c1. The molecule has 1 aliphatic heterocycles. The zero-order valence-corrected chi connectivity index (χ0v) is 12.3. The molecule has 1 atom stereocenters. The Kier molecular flexibility index (Phi) is 4.04. The fourth-order valence-electron chi connectivity index (χ4n) is 2.24. The normalized spacial score (nSPS) is 14.9. The van der Waals surface area contributed by atoms with Crippen molar-refractivity contribution in [2.24, 2.45) is 0 Å². The topological polar surface area (TPSA) is 18.5 Å². The number of hydrogen-bond acceptors (Lipinski definition) is 2. The first-order valence-electron chi connectivity index (χ1n) is 6.50. The minimum absolute atomic E-state index is 0.121. The van der Waals surface area contributed by atoms with Crippen molar-refractivity contribution >= 4 is 23.2 Å². The monoisotopic (exact) mass is 308 g/mol. The molecule has 0 radical (unpaired) electrons.